The van der Waals surface area contributed by atoms with Crippen LogP contribution >= 0.6 is 0 Å². The van der Waals surface area contributed by atoms with E-state index in [1.807, 2.05) is 24.5 Å². The maximum Gasteiger partial charge on any atom is 0.0706 e. The molecular formula is C38H29N3. The monoisotopic (exact) mass is 527 g/mol. The third-order valence-corrected chi connectivity index (χ3v) is 8.75. The number of nitrogens with zero attached hydrogens (tertiary/aromatic N) is 2. The minimum atomic E-state index is 0.190. The van der Waals surface area contributed by atoms with Gasteiger partial charge < -0.3 is 5.32 Å². The van der Waals surface area contributed by atoms with Gasteiger partial charge in [0.1, 0.15) is 0 Å². The lowest BCUT2D eigenvalue weighted by molar-refractivity contribution is 0.536. The number of hydrogen-bond acceptors (Lipinski definition) is 3. The summed E-state index contributed by atoms with van der Waals surface area (Å²) in [7, 11) is 0. The zero-order valence-corrected chi connectivity index (χ0v) is 22.6. The van der Waals surface area contributed by atoms with Gasteiger partial charge in [-0.3, -0.25) is 9.97 Å². The van der Waals surface area contributed by atoms with E-state index in [1.54, 1.807) is 0 Å². The molecule has 0 bridgehead atoms. The van der Waals surface area contributed by atoms with E-state index in [2.05, 4.69) is 132 Å². The van der Waals surface area contributed by atoms with Crippen molar-refractivity contribution in [2.75, 3.05) is 0 Å². The lowest BCUT2D eigenvalue weighted by atomic mass is 9.67. The molecule has 1 aliphatic heterocycles. The first-order valence-corrected chi connectivity index (χ1v) is 14.3. The first-order chi connectivity index (χ1) is 20.3. The van der Waals surface area contributed by atoms with E-state index < -0.39 is 0 Å². The lowest BCUT2D eigenvalue weighted by Crippen LogP contribution is -2.37. The van der Waals surface area contributed by atoms with Crippen molar-refractivity contribution in [1.82, 2.24) is 15.3 Å². The smallest absolute Gasteiger partial charge is 0.0706 e. The largest absolute Gasteiger partial charge is 0.376 e. The molecule has 4 unspecified atom stereocenters. The van der Waals surface area contributed by atoms with Crippen LogP contribution in [0.25, 0.3) is 22.5 Å². The number of aromatic nitrogens is 2. The van der Waals surface area contributed by atoms with Crippen molar-refractivity contribution >= 4 is 11.3 Å². The molecule has 2 aromatic heterocycles. The van der Waals surface area contributed by atoms with Crippen LogP contribution < -0.4 is 5.32 Å². The molecule has 0 fully saturated rings. The summed E-state index contributed by atoms with van der Waals surface area (Å²) in [6, 6.07) is 32.1. The fourth-order valence-electron chi connectivity index (χ4n) is 6.86. The highest BCUT2D eigenvalue weighted by molar-refractivity contribution is 6.02. The fourth-order valence-corrected chi connectivity index (χ4v) is 6.86. The molecule has 0 spiro atoms. The normalized spacial score (nSPS) is 24.0. The average Bonchev–Trinajstić information content (AvgIpc) is 3.46. The van der Waals surface area contributed by atoms with Gasteiger partial charge in [0.05, 0.1) is 17.4 Å². The second kappa shape index (κ2) is 9.87. The Kier molecular flexibility index (Phi) is 5.74. The first kappa shape index (κ1) is 23.8. The molecule has 1 N–H and O–H groups in total. The molecule has 41 heavy (non-hydrogen) atoms. The SMILES string of the molecule is C1=CC(c2cccc(-c3ccncc3)n2)C2C=CC3C(=CC=C4C(c5ccccc5)=C(c5ccccc5)NC43)C2=C1. The minimum absolute atomic E-state index is 0.190. The van der Waals surface area contributed by atoms with Gasteiger partial charge in [0.25, 0.3) is 0 Å². The van der Waals surface area contributed by atoms with Gasteiger partial charge >= 0.3 is 0 Å². The van der Waals surface area contributed by atoms with E-state index in [-0.39, 0.29) is 23.8 Å². The molecule has 0 amide bonds. The van der Waals surface area contributed by atoms with Gasteiger partial charge in [-0.2, -0.15) is 0 Å². The Hall–Kier alpha value is -5.02. The molecule has 3 nitrogen and oxygen atoms in total. The molecule has 0 saturated carbocycles. The molecule has 4 aromatic rings. The standard InChI is InChI=1S/C38H29N3/c1-3-9-26(10-4-1)36-33-20-18-30-28-13-7-14-31(35-16-8-15-34(40-35)25-21-23-39-24-22-25)29(28)17-19-32(30)38(33)41-37(36)27-11-5-2-6-12-27/h1-24,29,31-32,38,41H. The van der Waals surface area contributed by atoms with Gasteiger partial charge in [-0.1, -0.05) is 109 Å². The van der Waals surface area contributed by atoms with Gasteiger partial charge in [0, 0.05) is 47.0 Å². The van der Waals surface area contributed by atoms with E-state index in [0.717, 1.165) is 17.0 Å². The number of pyridine rings is 2. The Labute approximate surface area is 240 Å². The third-order valence-electron chi connectivity index (χ3n) is 8.75. The predicted molar refractivity (Wildman–Crippen MR) is 166 cm³/mol. The summed E-state index contributed by atoms with van der Waals surface area (Å²) < 4.78 is 0. The summed E-state index contributed by atoms with van der Waals surface area (Å²) in [4.78, 5) is 9.28. The van der Waals surface area contributed by atoms with Gasteiger partial charge in [0.15, 0.2) is 0 Å². The van der Waals surface area contributed by atoms with E-state index in [9.17, 15) is 0 Å². The van der Waals surface area contributed by atoms with Crippen molar-refractivity contribution in [1.29, 1.82) is 0 Å². The molecule has 196 valence electrons. The summed E-state index contributed by atoms with van der Waals surface area (Å²) in [6.07, 6.45) is 20.1. The Morgan fingerprint density at radius 3 is 2.05 bits per heavy atom. The molecule has 3 heteroatoms. The third kappa shape index (κ3) is 4.05. The first-order valence-electron chi connectivity index (χ1n) is 14.3. The second-order valence-electron chi connectivity index (χ2n) is 11.0. The molecule has 3 aliphatic carbocycles. The Morgan fingerprint density at radius 1 is 0.537 bits per heavy atom. The van der Waals surface area contributed by atoms with E-state index in [0.29, 0.717) is 0 Å². The highest BCUT2D eigenvalue weighted by Crippen LogP contribution is 2.50. The summed E-state index contributed by atoms with van der Waals surface area (Å²) in [5.41, 5.74) is 12.3. The van der Waals surface area contributed by atoms with Gasteiger partial charge in [-0.15, -0.1) is 0 Å². The van der Waals surface area contributed by atoms with E-state index in [1.165, 1.54) is 39.1 Å². The minimum Gasteiger partial charge on any atom is -0.376 e. The topological polar surface area (TPSA) is 37.8 Å². The molecular weight excluding hydrogens is 498 g/mol. The van der Waals surface area contributed by atoms with Crippen molar-refractivity contribution in [3.05, 3.63) is 179 Å². The van der Waals surface area contributed by atoms with Crippen molar-refractivity contribution in [2.45, 2.75) is 12.0 Å². The van der Waals surface area contributed by atoms with Gasteiger partial charge in [-0.25, -0.2) is 0 Å². The van der Waals surface area contributed by atoms with Crippen molar-refractivity contribution in [3.8, 4) is 11.3 Å². The van der Waals surface area contributed by atoms with E-state index in [4.69, 9.17) is 4.98 Å². The fraction of sp³-hybridized carbons (Fsp3) is 0.105. The Morgan fingerprint density at radius 2 is 1.24 bits per heavy atom. The molecule has 4 aliphatic rings. The quantitative estimate of drug-likeness (QED) is 0.274. The van der Waals surface area contributed by atoms with Crippen LogP contribution in [0.3, 0.4) is 0 Å². The van der Waals surface area contributed by atoms with Crippen LogP contribution in [0.2, 0.25) is 0 Å². The van der Waals surface area contributed by atoms with Crippen molar-refractivity contribution < 1.29 is 0 Å². The lowest BCUT2D eigenvalue weighted by Gasteiger charge is -2.39. The van der Waals surface area contributed by atoms with Gasteiger partial charge in [0.2, 0.25) is 0 Å². The second-order valence-corrected chi connectivity index (χ2v) is 11.0. The number of rotatable bonds is 4. The zero-order chi connectivity index (χ0) is 27.2. The Bertz CT molecular complexity index is 1810. The molecule has 8 rings (SSSR count). The molecule has 3 heterocycles. The van der Waals surface area contributed by atoms with Crippen LogP contribution in [-0.4, -0.2) is 16.0 Å². The molecule has 2 aromatic carbocycles. The van der Waals surface area contributed by atoms with Crippen LogP contribution in [-0.2, 0) is 0 Å². The highest BCUT2D eigenvalue weighted by Gasteiger charge is 2.42. The molecule has 4 atom stereocenters. The van der Waals surface area contributed by atoms with Gasteiger partial charge in [-0.05, 0) is 52.1 Å². The number of fused-ring (bicyclic) bond motifs is 5. The van der Waals surface area contributed by atoms with Crippen molar-refractivity contribution in [2.24, 2.45) is 11.8 Å². The molecule has 0 saturated heterocycles. The number of nitrogens with one attached hydrogen (secondary N) is 1. The summed E-state index contributed by atoms with van der Waals surface area (Å²) >= 11 is 0. The maximum atomic E-state index is 5.11. The van der Waals surface area contributed by atoms with Crippen LogP contribution in [0.15, 0.2) is 163 Å². The Balaban J connectivity index is 1.17. The maximum absolute atomic E-state index is 5.11. The van der Waals surface area contributed by atoms with Crippen LogP contribution in [0, 0.1) is 11.8 Å². The van der Waals surface area contributed by atoms with Crippen molar-refractivity contribution in [3.63, 3.8) is 0 Å². The summed E-state index contributed by atoms with van der Waals surface area (Å²) in [5, 5.41) is 3.98. The number of hydrogen-bond donors (Lipinski definition) is 1. The zero-order valence-electron chi connectivity index (χ0n) is 22.6. The summed E-state index contributed by atoms with van der Waals surface area (Å²) in [5.74, 6) is 0.713. The van der Waals surface area contributed by atoms with Crippen LogP contribution in [0.1, 0.15) is 22.7 Å². The average molecular weight is 528 g/mol. The highest BCUT2D eigenvalue weighted by atomic mass is 15.0. The van der Waals surface area contributed by atoms with E-state index >= 15 is 0 Å². The number of allylic oxidation sites excluding steroid dienone is 7. The van der Waals surface area contributed by atoms with Crippen LogP contribution in [0.4, 0.5) is 0 Å². The number of benzene rings is 2. The predicted octanol–water partition coefficient (Wildman–Crippen LogP) is 7.93. The van der Waals surface area contributed by atoms with Crippen LogP contribution in [0.5, 0.6) is 0 Å². The summed E-state index contributed by atoms with van der Waals surface area (Å²) in [6.45, 7) is 0. The molecule has 0 radical (unpaired) electrons.